The summed E-state index contributed by atoms with van der Waals surface area (Å²) in [7, 11) is -4.07. The summed E-state index contributed by atoms with van der Waals surface area (Å²) < 4.78 is 80.7. The second kappa shape index (κ2) is 10.2. The molecule has 14 heteroatoms. The SMILES string of the molecule is CC1(S(=O)(=O)n2cc(-c3ncc(F)c(N[C@H]4CCCN(CC(F)(F)F)C4)n3)c3cccnc32)C=C(Cl)C=CC1. The number of likely N-dealkylation sites (tertiary alicyclic amines) is 1. The van der Waals surface area contributed by atoms with Crippen molar-refractivity contribution in [2.24, 2.45) is 0 Å². The maximum atomic E-state index is 14.7. The maximum Gasteiger partial charge on any atom is 0.401 e. The fourth-order valence-electron chi connectivity index (χ4n) is 4.96. The molecule has 0 bridgehead atoms. The molecule has 5 rings (SSSR count). The van der Waals surface area contributed by atoms with E-state index in [0.717, 1.165) is 10.2 Å². The van der Waals surface area contributed by atoms with Gasteiger partial charge in [-0.05, 0) is 57.0 Å². The lowest BCUT2D eigenvalue weighted by molar-refractivity contribution is -0.147. The van der Waals surface area contributed by atoms with Crippen LogP contribution in [0.15, 0.2) is 54.0 Å². The summed E-state index contributed by atoms with van der Waals surface area (Å²) in [5, 5.41) is 3.64. The third-order valence-corrected chi connectivity index (χ3v) is 9.35. The van der Waals surface area contributed by atoms with Gasteiger partial charge in [-0.1, -0.05) is 17.7 Å². The average Bonchev–Trinajstić information content (AvgIpc) is 3.25. The summed E-state index contributed by atoms with van der Waals surface area (Å²) in [5.41, 5.74) is 0.447. The van der Waals surface area contributed by atoms with E-state index in [1.807, 2.05) is 0 Å². The lowest BCUT2D eigenvalue weighted by Crippen LogP contribution is -2.46. The van der Waals surface area contributed by atoms with Gasteiger partial charge in [-0.25, -0.2) is 31.7 Å². The number of piperidine rings is 1. The highest BCUT2D eigenvalue weighted by Gasteiger charge is 2.41. The molecule has 8 nitrogen and oxygen atoms in total. The van der Waals surface area contributed by atoms with E-state index in [-0.39, 0.29) is 30.3 Å². The molecule has 1 aliphatic heterocycles. The molecule has 1 saturated heterocycles. The number of hydrogen-bond donors (Lipinski definition) is 1. The minimum Gasteiger partial charge on any atom is -0.363 e. The van der Waals surface area contributed by atoms with Crippen molar-refractivity contribution < 1.29 is 26.0 Å². The Kier molecular flexibility index (Phi) is 7.18. The van der Waals surface area contributed by atoms with Crippen LogP contribution in [-0.4, -0.2) is 68.8 Å². The molecule has 0 saturated carbocycles. The first-order chi connectivity index (χ1) is 18.4. The van der Waals surface area contributed by atoms with Crippen molar-refractivity contribution in [2.45, 2.75) is 43.2 Å². The number of pyridine rings is 1. The Balaban J connectivity index is 1.50. The number of fused-ring (bicyclic) bond motifs is 1. The van der Waals surface area contributed by atoms with Gasteiger partial charge in [0.2, 0.25) is 10.0 Å². The first-order valence-corrected chi connectivity index (χ1v) is 14.0. The summed E-state index contributed by atoms with van der Waals surface area (Å²) >= 11 is 6.13. The van der Waals surface area contributed by atoms with Gasteiger partial charge in [0.1, 0.15) is 4.75 Å². The molecule has 2 aliphatic rings. The Hall–Kier alpha value is -3.03. The molecule has 3 aromatic rings. The average molecular weight is 585 g/mol. The maximum absolute atomic E-state index is 14.7. The second-order valence-corrected chi connectivity index (χ2v) is 12.6. The van der Waals surface area contributed by atoms with Crippen LogP contribution >= 0.6 is 11.6 Å². The molecule has 39 heavy (non-hydrogen) atoms. The van der Waals surface area contributed by atoms with Crippen LogP contribution in [0, 0.1) is 5.82 Å². The zero-order chi connectivity index (χ0) is 28.0. The van der Waals surface area contributed by atoms with Crippen LogP contribution in [0.25, 0.3) is 22.4 Å². The fourth-order valence-corrected chi connectivity index (χ4v) is 7.01. The topological polar surface area (TPSA) is 93.0 Å². The van der Waals surface area contributed by atoms with E-state index in [2.05, 4.69) is 20.3 Å². The molecular formula is C25H25ClF4N6O2S. The first kappa shape index (κ1) is 27.5. The molecule has 0 amide bonds. The molecule has 1 fully saturated rings. The van der Waals surface area contributed by atoms with E-state index in [4.69, 9.17) is 11.6 Å². The zero-order valence-electron chi connectivity index (χ0n) is 20.8. The number of alkyl halides is 3. The van der Waals surface area contributed by atoms with Gasteiger partial charge < -0.3 is 5.32 Å². The first-order valence-electron chi connectivity index (χ1n) is 12.2. The molecular weight excluding hydrogens is 560 g/mol. The number of allylic oxidation sites excluding steroid dienone is 3. The van der Waals surface area contributed by atoms with Gasteiger partial charge in [-0.15, -0.1) is 0 Å². The van der Waals surface area contributed by atoms with E-state index in [9.17, 15) is 26.0 Å². The predicted octanol–water partition coefficient (Wildman–Crippen LogP) is 5.09. The number of anilines is 1. The van der Waals surface area contributed by atoms with Crippen LogP contribution in [0.4, 0.5) is 23.4 Å². The highest BCUT2D eigenvalue weighted by molar-refractivity contribution is 7.91. The number of nitrogens with one attached hydrogen (secondary N) is 1. The molecule has 0 aromatic carbocycles. The van der Waals surface area contributed by atoms with Crippen molar-refractivity contribution in [1.29, 1.82) is 0 Å². The molecule has 4 heterocycles. The smallest absolute Gasteiger partial charge is 0.363 e. The van der Waals surface area contributed by atoms with Crippen molar-refractivity contribution in [2.75, 3.05) is 25.0 Å². The van der Waals surface area contributed by atoms with Gasteiger partial charge in [0.15, 0.2) is 23.1 Å². The molecule has 3 aromatic heterocycles. The van der Waals surface area contributed by atoms with Crippen molar-refractivity contribution in [3.8, 4) is 11.4 Å². The zero-order valence-corrected chi connectivity index (χ0v) is 22.4. The summed E-state index contributed by atoms with van der Waals surface area (Å²) in [6.45, 7) is 0.887. The third kappa shape index (κ3) is 5.52. The highest BCUT2D eigenvalue weighted by Crippen LogP contribution is 2.36. The van der Waals surface area contributed by atoms with Gasteiger partial charge in [-0.3, -0.25) is 4.90 Å². The normalized spacial score (nSPS) is 22.7. The monoisotopic (exact) mass is 584 g/mol. The Morgan fingerprint density at radius 2 is 2.08 bits per heavy atom. The van der Waals surface area contributed by atoms with Crippen molar-refractivity contribution >= 4 is 38.5 Å². The molecule has 1 N–H and O–H groups in total. The van der Waals surface area contributed by atoms with E-state index in [1.54, 1.807) is 31.2 Å². The molecule has 1 unspecified atom stereocenters. The summed E-state index contributed by atoms with van der Waals surface area (Å²) in [6.07, 6.45) is 5.46. The van der Waals surface area contributed by atoms with E-state index < -0.39 is 39.4 Å². The summed E-state index contributed by atoms with van der Waals surface area (Å²) in [6, 6.07) is 2.83. The Morgan fingerprint density at radius 3 is 2.82 bits per heavy atom. The van der Waals surface area contributed by atoms with Crippen LogP contribution in [0.3, 0.4) is 0 Å². The van der Waals surface area contributed by atoms with Gasteiger partial charge >= 0.3 is 6.18 Å². The molecule has 208 valence electrons. The van der Waals surface area contributed by atoms with Gasteiger partial charge in [0.05, 0.1) is 12.7 Å². The van der Waals surface area contributed by atoms with Gasteiger partial charge in [-0.2, -0.15) is 13.2 Å². The third-order valence-electron chi connectivity index (χ3n) is 6.86. The van der Waals surface area contributed by atoms with Crippen molar-refractivity contribution in [3.63, 3.8) is 0 Å². The lowest BCUT2D eigenvalue weighted by Gasteiger charge is -2.33. The van der Waals surface area contributed by atoms with Crippen LogP contribution < -0.4 is 5.32 Å². The van der Waals surface area contributed by atoms with Crippen molar-refractivity contribution in [3.05, 3.63) is 59.8 Å². The number of hydrogen-bond acceptors (Lipinski definition) is 7. The van der Waals surface area contributed by atoms with Crippen LogP contribution in [0.5, 0.6) is 0 Å². The van der Waals surface area contributed by atoms with E-state index in [1.165, 1.54) is 23.4 Å². The minimum atomic E-state index is -4.33. The quantitative estimate of drug-likeness (QED) is 0.403. The van der Waals surface area contributed by atoms with Crippen LogP contribution in [0.1, 0.15) is 26.2 Å². The predicted molar refractivity (Wildman–Crippen MR) is 140 cm³/mol. The fraction of sp³-hybridized carbons (Fsp3) is 0.400. The lowest BCUT2D eigenvalue weighted by atomic mass is 10.0. The molecule has 0 spiro atoms. The van der Waals surface area contributed by atoms with Crippen LogP contribution in [-0.2, 0) is 10.0 Å². The Bertz CT molecular complexity index is 1570. The number of rotatable bonds is 6. The van der Waals surface area contributed by atoms with E-state index in [0.29, 0.717) is 35.4 Å². The minimum absolute atomic E-state index is 0.0380. The van der Waals surface area contributed by atoms with Gasteiger partial charge in [0.25, 0.3) is 0 Å². The number of halogens is 5. The largest absolute Gasteiger partial charge is 0.401 e. The molecule has 0 radical (unpaired) electrons. The molecule has 2 atom stereocenters. The second-order valence-electron chi connectivity index (χ2n) is 9.89. The number of nitrogens with zero attached hydrogens (tertiary/aromatic N) is 5. The standard InChI is InChI=1S/C25H25ClF4N6O2S/c1-24(8-2-5-16(26)11-24)39(37,38)36-14-19(18-7-3-9-31-23(18)36)21-32-12-20(27)22(34-21)33-17-6-4-10-35(13-17)15-25(28,29)30/h2-3,5,7,9,11-12,14,17H,4,6,8,10,13,15H2,1H3,(H,32,33,34)/t17-,24?/m0/s1. The summed E-state index contributed by atoms with van der Waals surface area (Å²) in [4.78, 5) is 13.9. The van der Waals surface area contributed by atoms with Gasteiger partial charge in [0, 0.05) is 41.0 Å². The van der Waals surface area contributed by atoms with Crippen molar-refractivity contribution in [1.82, 2.24) is 23.8 Å². The Labute approximate surface area is 227 Å². The molecule has 1 aliphatic carbocycles. The van der Waals surface area contributed by atoms with E-state index >= 15 is 0 Å². The summed E-state index contributed by atoms with van der Waals surface area (Å²) in [5.74, 6) is -0.913. The Morgan fingerprint density at radius 1 is 1.28 bits per heavy atom. The number of aromatic nitrogens is 4. The highest BCUT2D eigenvalue weighted by atomic mass is 35.5. The van der Waals surface area contributed by atoms with Crippen LogP contribution in [0.2, 0.25) is 0 Å².